The molecule has 0 atom stereocenters. The van der Waals surface area contributed by atoms with Gasteiger partial charge in [0.2, 0.25) is 5.91 Å². The number of amides is 2. The summed E-state index contributed by atoms with van der Waals surface area (Å²) in [4.78, 5) is 35.9. The molecule has 35 heavy (non-hydrogen) atoms. The van der Waals surface area contributed by atoms with E-state index in [4.69, 9.17) is 9.84 Å². The number of fused-ring (bicyclic) bond motifs is 3. The van der Waals surface area contributed by atoms with Crippen LogP contribution in [0.4, 0.5) is 4.79 Å². The van der Waals surface area contributed by atoms with Crippen molar-refractivity contribution in [3.63, 3.8) is 0 Å². The van der Waals surface area contributed by atoms with Crippen LogP contribution in [0.25, 0.3) is 11.1 Å². The van der Waals surface area contributed by atoms with E-state index in [1.165, 1.54) is 22.3 Å². The maximum Gasteiger partial charge on any atom is 0.407 e. The molecule has 0 bridgehead atoms. The van der Waals surface area contributed by atoms with Gasteiger partial charge in [-0.15, -0.1) is 0 Å². The van der Waals surface area contributed by atoms with E-state index in [9.17, 15) is 14.4 Å². The SMILES string of the molecule is O=C(CC1CC(NC(=O)OCC2c3ccccc3-c3ccccc32)C1)NC1CCC(C(=O)O)CC1. The van der Waals surface area contributed by atoms with Crippen molar-refractivity contribution in [3.8, 4) is 11.1 Å². The molecule has 0 spiro atoms. The number of carbonyl (C=O) groups is 3. The number of alkyl carbamates (subject to hydrolysis) is 1. The molecule has 3 aliphatic rings. The average molecular weight is 477 g/mol. The van der Waals surface area contributed by atoms with Gasteiger partial charge >= 0.3 is 12.1 Å². The van der Waals surface area contributed by atoms with Crippen LogP contribution in [0.1, 0.15) is 62.0 Å². The Morgan fingerprint density at radius 2 is 1.43 bits per heavy atom. The van der Waals surface area contributed by atoms with Crippen LogP contribution in [0.3, 0.4) is 0 Å². The Bertz CT molecular complexity index is 1060. The molecule has 0 radical (unpaired) electrons. The minimum atomic E-state index is -0.737. The largest absolute Gasteiger partial charge is 0.481 e. The summed E-state index contributed by atoms with van der Waals surface area (Å²) in [5.74, 6) is -0.701. The first-order valence-electron chi connectivity index (χ1n) is 12.6. The monoisotopic (exact) mass is 476 g/mol. The zero-order valence-electron chi connectivity index (χ0n) is 19.7. The lowest BCUT2D eigenvalue weighted by Gasteiger charge is -2.35. The fourth-order valence-corrected chi connectivity index (χ4v) is 5.86. The maximum atomic E-state index is 12.4. The van der Waals surface area contributed by atoms with Gasteiger partial charge in [0.05, 0.1) is 5.92 Å². The first-order chi connectivity index (χ1) is 17.0. The van der Waals surface area contributed by atoms with Crippen molar-refractivity contribution in [3.05, 3.63) is 59.7 Å². The van der Waals surface area contributed by atoms with Gasteiger partial charge in [0.1, 0.15) is 6.61 Å². The molecule has 7 heteroatoms. The van der Waals surface area contributed by atoms with E-state index in [1.54, 1.807) is 0 Å². The van der Waals surface area contributed by atoms with Crippen LogP contribution in [0.15, 0.2) is 48.5 Å². The van der Waals surface area contributed by atoms with E-state index >= 15 is 0 Å². The molecule has 184 valence electrons. The van der Waals surface area contributed by atoms with Crippen molar-refractivity contribution in [2.45, 2.75) is 62.9 Å². The number of carboxylic acid groups (broad SMARTS) is 1. The fourth-order valence-electron chi connectivity index (χ4n) is 5.86. The minimum Gasteiger partial charge on any atom is -0.481 e. The Hall–Kier alpha value is -3.35. The number of carboxylic acids is 1. The predicted octanol–water partition coefficient (Wildman–Crippen LogP) is 4.45. The number of hydrogen-bond donors (Lipinski definition) is 3. The Balaban J connectivity index is 1.02. The standard InChI is InChI=1S/C28H32N2O5/c31-26(29-19-11-9-18(10-12-19)27(32)33)15-17-13-20(14-17)30-28(34)35-16-25-23-7-3-1-5-21(23)22-6-2-4-8-24(22)25/h1-8,17-20,25H,9-16H2,(H,29,31)(H,30,34)(H,32,33). The molecular formula is C28H32N2O5. The molecule has 0 unspecified atom stereocenters. The molecule has 5 rings (SSSR count). The highest BCUT2D eigenvalue weighted by molar-refractivity contribution is 5.79. The summed E-state index contributed by atoms with van der Waals surface area (Å²) in [5.41, 5.74) is 4.78. The van der Waals surface area contributed by atoms with Gasteiger partial charge in [0.15, 0.2) is 0 Å². The van der Waals surface area contributed by atoms with Gasteiger partial charge in [-0.05, 0) is 66.7 Å². The van der Waals surface area contributed by atoms with Crippen molar-refractivity contribution in [1.29, 1.82) is 0 Å². The van der Waals surface area contributed by atoms with Gasteiger partial charge < -0.3 is 20.5 Å². The Morgan fingerprint density at radius 1 is 0.829 bits per heavy atom. The summed E-state index contributed by atoms with van der Waals surface area (Å²) < 4.78 is 5.62. The normalized spacial score (nSPS) is 25.0. The van der Waals surface area contributed by atoms with E-state index in [0.717, 1.165) is 25.7 Å². The second-order valence-electron chi connectivity index (χ2n) is 10.2. The number of benzene rings is 2. The van der Waals surface area contributed by atoms with E-state index in [1.807, 2.05) is 24.3 Å². The van der Waals surface area contributed by atoms with E-state index in [0.29, 0.717) is 25.9 Å². The molecule has 2 aromatic rings. The van der Waals surface area contributed by atoms with E-state index in [2.05, 4.69) is 34.9 Å². The highest BCUT2D eigenvalue weighted by atomic mass is 16.5. The number of aliphatic carboxylic acids is 1. The maximum absolute atomic E-state index is 12.4. The van der Waals surface area contributed by atoms with Crippen molar-refractivity contribution < 1.29 is 24.2 Å². The summed E-state index contributed by atoms with van der Waals surface area (Å²) in [5, 5.41) is 15.1. The third-order valence-electron chi connectivity index (χ3n) is 7.82. The number of rotatable bonds is 7. The van der Waals surface area contributed by atoms with Crippen LogP contribution in [0.2, 0.25) is 0 Å². The first-order valence-corrected chi connectivity index (χ1v) is 12.6. The quantitative estimate of drug-likeness (QED) is 0.548. The molecule has 0 aliphatic heterocycles. The number of hydrogen-bond acceptors (Lipinski definition) is 4. The molecule has 2 fully saturated rings. The van der Waals surface area contributed by atoms with Crippen LogP contribution in [-0.2, 0) is 14.3 Å². The van der Waals surface area contributed by atoms with Crippen molar-refractivity contribution in [2.24, 2.45) is 11.8 Å². The summed E-state index contributed by atoms with van der Waals surface area (Å²) >= 11 is 0. The van der Waals surface area contributed by atoms with Gasteiger partial charge in [-0.3, -0.25) is 9.59 Å². The molecule has 2 aromatic carbocycles. The van der Waals surface area contributed by atoms with Gasteiger partial charge in [-0.25, -0.2) is 4.79 Å². The molecule has 3 aliphatic carbocycles. The third kappa shape index (κ3) is 5.19. The molecule has 0 aromatic heterocycles. The zero-order chi connectivity index (χ0) is 24.4. The molecule has 7 nitrogen and oxygen atoms in total. The van der Waals surface area contributed by atoms with Gasteiger partial charge in [-0.2, -0.15) is 0 Å². The minimum absolute atomic E-state index is 0.0216. The Morgan fingerprint density at radius 3 is 2.03 bits per heavy atom. The highest BCUT2D eigenvalue weighted by Gasteiger charge is 2.34. The molecule has 2 amide bonds. The average Bonchev–Trinajstić information content (AvgIpc) is 3.15. The molecule has 0 saturated heterocycles. The van der Waals surface area contributed by atoms with Crippen LogP contribution in [0, 0.1) is 11.8 Å². The number of carbonyl (C=O) groups excluding carboxylic acids is 2. The summed E-state index contributed by atoms with van der Waals surface area (Å²) in [6.07, 6.45) is 4.26. The molecule has 2 saturated carbocycles. The fraction of sp³-hybridized carbons (Fsp3) is 0.464. The lowest BCUT2D eigenvalue weighted by molar-refractivity contribution is -0.142. The lowest BCUT2D eigenvalue weighted by atomic mass is 9.78. The van der Waals surface area contributed by atoms with E-state index < -0.39 is 12.1 Å². The lowest BCUT2D eigenvalue weighted by Crippen LogP contribution is -2.47. The summed E-state index contributed by atoms with van der Waals surface area (Å²) in [6, 6.07) is 16.6. The second-order valence-corrected chi connectivity index (χ2v) is 10.2. The van der Waals surface area contributed by atoms with Crippen LogP contribution >= 0.6 is 0 Å². The van der Waals surface area contributed by atoms with Crippen molar-refractivity contribution in [2.75, 3.05) is 6.61 Å². The topological polar surface area (TPSA) is 105 Å². The van der Waals surface area contributed by atoms with Crippen molar-refractivity contribution >= 4 is 18.0 Å². The second kappa shape index (κ2) is 10.1. The number of ether oxygens (including phenoxy) is 1. The summed E-state index contributed by atoms with van der Waals surface area (Å²) in [7, 11) is 0. The Kier molecular flexibility index (Phi) is 6.75. The molecule has 3 N–H and O–H groups in total. The van der Waals surface area contributed by atoms with Crippen LogP contribution < -0.4 is 10.6 Å². The van der Waals surface area contributed by atoms with Gasteiger partial charge in [0, 0.05) is 24.4 Å². The van der Waals surface area contributed by atoms with Crippen LogP contribution in [0.5, 0.6) is 0 Å². The van der Waals surface area contributed by atoms with Crippen molar-refractivity contribution in [1.82, 2.24) is 10.6 Å². The molecular weight excluding hydrogens is 444 g/mol. The molecule has 0 heterocycles. The van der Waals surface area contributed by atoms with E-state index in [-0.39, 0.29) is 35.7 Å². The van der Waals surface area contributed by atoms with Crippen LogP contribution in [-0.4, -0.2) is 41.8 Å². The van der Waals surface area contributed by atoms with Gasteiger partial charge in [-0.1, -0.05) is 48.5 Å². The number of nitrogens with one attached hydrogen (secondary N) is 2. The Labute approximate surface area is 205 Å². The predicted molar refractivity (Wildman–Crippen MR) is 131 cm³/mol. The summed E-state index contributed by atoms with van der Waals surface area (Å²) in [6.45, 7) is 0.294. The zero-order valence-corrected chi connectivity index (χ0v) is 19.7. The third-order valence-corrected chi connectivity index (χ3v) is 7.82. The smallest absolute Gasteiger partial charge is 0.407 e. The van der Waals surface area contributed by atoms with Gasteiger partial charge in [0.25, 0.3) is 0 Å². The highest BCUT2D eigenvalue weighted by Crippen LogP contribution is 2.44. The first kappa shape index (κ1) is 23.4.